The number of aromatic hydroxyl groups is 1. The van der Waals surface area contributed by atoms with E-state index in [-0.39, 0.29) is 23.3 Å². The first-order chi connectivity index (χ1) is 14.9. The lowest BCUT2D eigenvalue weighted by Crippen LogP contribution is -2.43. The fraction of sp³-hybridized carbons (Fsp3) is 0.348. The third kappa shape index (κ3) is 4.64. The highest BCUT2D eigenvalue weighted by Crippen LogP contribution is 2.36. The number of piperazine rings is 1. The van der Waals surface area contributed by atoms with Crippen LogP contribution in [-0.4, -0.2) is 53.6 Å². The number of allylic oxidation sites excluding steroid dienone is 4. The summed E-state index contributed by atoms with van der Waals surface area (Å²) in [6.07, 6.45) is 10.1. The number of carbonyl (C=O) groups excluding carboxylic acids is 1. The van der Waals surface area contributed by atoms with Crippen molar-refractivity contribution in [3.05, 3.63) is 65.7 Å². The van der Waals surface area contributed by atoms with Gasteiger partial charge in [-0.25, -0.2) is 0 Å². The van der Waals surface area contributed by atoms with Crippen molar-refractivity contribution in [2.75, 3.05) is 26.2 Å². The molecule has 3 aliphatic heterocycles. The second-order valence-corrected chi connectivity index (χ2v) is 7.76. The lowest BCUT2D eigenvalue weighted by atomic mass is 9.89. The van der Waals surface area contributed by atoms with Crippen LogP contribution >= 0.6 is 0 Å². The van der Waals surface area contributed by atoms with Crippen molar-refractivity contribution in [3.63, 3.8) is 0 Å². The number of hydrogen-bond donors (Lipinski definition) is 2. The van der Waals surface area contributed by atoms with Gasteiger partial charge in [0, 0.05) is 44.2 Å². The number of halogens is 2. The summed E-state index contributed by atoms with van der Waals surface area (Å²) in [4.78, 5) is 17.0. The minimum atomic E-state index is -3.05. The highest BCUT2D eigenvalue weighted by Gasteiger charge is 2.25. The van der Waals surface area contributed by atoms with E-state index in [9.17, 15) is 18.7 Å². The van der Waals surface area contributed by atoms with Crippen molar-refractivity contribution in [2.45, 2.75) is 20.0 Å². The predicted molar refractivity (Wildman–Crippen MR) is 113 cm³/mol. The van der Waals surface area contributed by atoms with Gasteiger partial charge in [-0.05, 0) is 47.8 Å². The molecule has 1 unspecified atom stereocenters. The number of nitrogens with one attached hydrogen (secondary N) is 1. The van der Waals surface area contributed by atoms with Crippen LogP contribution < -0.4 is 10.1 Å². The third-order valence-corrected chi connectivity index (χ3v) is 5.68. The molecule has 1 fully saturated rings. The maximum absolute atomic E-state index is 13.2. The van der Waals surface area contributed by atoms with Crippen LogP contribution in [0.2, 0.25) is 0 Å². The van der Waals surface area contributed by atoms with Gasteiger partial charge in [-0.1, -0.05) is 19.1 Å². The molecule has 1 amide bonds. The molecule has 0 spiro atoms. The number of benzene rings is 1. The molecule has 31 heavy (non-hydrogen) atoms. The predicted octanol–water partition coefficient (Wildman–Crippen LogP) is 3.45. The van der Waals surface area contributed by atoms with E-state index < -0.39 is 6.61 Å². The van der Waals surface area contributed by atoms with Crippen LogP contribution in [0.4, 0.5) is 8.78 Å². The van der Waals surface area contributed by atoms with Gasteiger partial charge in [0.25, 0.3) is 5.91 Å². The van der Waals surface area contributed by atoms with E-state index in [2.05, 4.69) is 15.0 Å². The molecule has 4 rings (SSSR count). The molecule has 0 bridgehead atoms. The van der Waals surface area contributed by atoms with Crippen LogP contribution in [-0.2, 0) is 4.79 Å². The van der Waals surface area contributed by atoms with Crippen LogP contribution in [0.1, 0.15) is 18.9 Å². The van der Waals surface area contributed by atoms with E-state index in [0.717, 1.165) is 37.6 Å². The van der Waals surface area contributed by atoms with Gasteiger partial charge in [-0.2, -0.15) is 8.78 Å². The maximum atomic E-state index is 13.2. The monoisotopic (exact) mass is 429 g/mol. The van der Waals surface area contributed by atoms with E-state index >= 15 is 0 Å². The summed E-state index contributed by atoms with van der Waals surface area (Å²) in [6.45, 7) is 2.46. The number of hydrogen-bond acceptors (Lipinski definition) is 5. The summed E-state index contributed by atoms with van der Waals surface area (Å²) in [5.41, 5.74) is 3.06. The Morgan fingerprint density at radius 3 is 2.68 bits per heavy atom. The smallest absolute Gasteiger partial charge is 0.387 e. The van der Waals surface area contributed by atoms with E-state index in [1.165, 1.54) is 12.1 Å². The fourth-order valence-corrected chi connectivity index (χ4v) is 3.99. The number of ether oxygens (including phenoxy) is 1. The molecule has 1 atom stereocenters. The molecule has 3 aliphatic rings. The number of rotatable bonds is 4. The summed E-state index contributed by atoms with van der Waals surface area (Å²) in [5, 5.41) is 13.1. The zero-order valence-corrected chi connectivity index (χ0v) is 17.2. The molecule has 164 valence electrons. The Bertz CT molecular complexity index is 978. The molecule has 1 aromatic carbocycles. The molecule has 8 heteroatoms. The first kappa shape index (κ1) is 21.1. The standard InChI is InChI=1S/C23H25F2N3O3/c1-15-2-4-17-5-6-18(27-10-8-26-9-11-27)14-28(17)22(30)13-19(15)16-3-7-20(29)21(12-16)31-23(24)25/h3-7,12-15,23,26,29H,2,8-11H2,1H3. The van der Waals surface area contributed by atoms with Crippen molar-refractivity contribution in [2.24, 2.45) is 5.92 Å². The topological polar surface area (TPSA) is 65.0 Å². The van der Waals surface area contributed by atoms with Crippen LogP contribution in [0.15, 0.2) is 60.1 Å². The first-order valence-electron chi connectivity index (χ1n) is 10.3. The molecule has 1 saturated heterocycles. The molecule has 0 radical (unpaired) electrons. The highest BCUT2D eigenvalue weighted by molar-refractivity contribution is 5.98. The number of alkyl halides is 2. The lowest BCUT2D eigenvalue weighted by molar-refractivity contribution is -0.122. The number of carbonyl (C=O) groups is 1. The van der Waals surface area contributed by atoms with Crippen LogP contribution in [0, 0.1) is 5.92 Å². The number of amides is 1. The number of fused-ring (bicyclic) bond motifs is 1. The Morgan fingerprint density at radius 2 is 1.94 bits per heavy atom. The fourth-order valence-electron chi connectivity index (χ4n) is 3.99. The molecule has 0 aliphatic carbocycles. The van der Waals surface area contributed by atoms with Gasteiger partial charge in [0.2, 0.25) is 0 Å². The molecule has 0 aromatic heterocycles. The number of phenolic OH excluding ortho intramolecular Hbond substituents is 1. The Labute approximate surface area is 179 Å². The highest BCUT2D eigenvalue weighted by atomic mass is 19.3. The van der Waals surface area contributed by atoms with Gasteiger partial charge in [-0.15, -0.1) is 0 Å². The van der Waals surface area contributed by atoms with E-state index in [0.29, 0.717) is 17.6 Å². The number of nitrogens with zero attached hydrogens (tertiary/aromatic N) is 2. The van der Waals surface area contributed by atoms with Gasteiger partial charge in [0.15, 0.2) is 11.5 Å². The Morgan fingerprint density at radius 1 is 1.19 bits per heavy atom. The zero-order chi connectivity index (χ0) is 22.0. The molecule has 6 nitrogen and oxygen atoms in total. The summed E-state index contributed by atoms with van der Waals surface area (Å²) in [6, 6.07) is 4.26. The van der Waals surface area contributed by atoms with E-state index in [1.807, 2.05) is 31.4 Å². The molecule has 0 saturated carbocycles. The Balaban J connectivity index is 1.65. The van der Waals surface area contributed by atoms with Gasteiger partial charge < -0.3 is 20.1 Å². The maximum Gasteiger partial charge on any atom is 0.387 e. The van der Waals surface area contributed by atoms with Gasteiger partial charge in [0.1, 0.15) is 0 Å². The van der Waals surface area contributed by atoms with Crippen LogP contribution in [0.3, 0.4) is 0 Å². The molecule has 2 N–H and O–H groups in total. The summed E-state index contributed by atoms with van der Waals surface area (Å²) in [7, 11) is 0. The number of phenols is 1. The first-order valence-corrected chi connectivity index (χ1v) is 10.3. The largest absolute Gasteiger partial charge is 0.504 e. The van der Waals surface area contributed by atoms with Crippen LogP contribution in [0.25, 0.3) is 5.57 Å². The molecule has 3 heterocycles. The van der Waals surface area contributed by atoms with Crippen LogP contribution in [0.5, 0.6) is 11.5 Å². The zero-order valence-electron chi connectivity index (χ0n) is 17.2. The second kappa shape index (κ2) is 8.93. The van der Waals surface area contributed by atoms with Crippen molar-refractivity contribution >= 4 is 11.5 Å². The second-order valence-electron chi connectivity index (χ2n) is 7.76. The average Bonchev–Trinajstić information content (AvgIpc) is 2.76. The lowest BCUT2D eigenvalue weighted by Gasteiger charge is -2.34. The minimum absolute atomic E-state index is 0.0329. The molecule has 1 aromatic rings. The van der Waals surface area contributed by atoms with Gasteiger partial charge in [0.05, 0.1) is 5.70 Å². The normalized spacial score (nSPS) is 21.7. The summed E-state index contributed by atoms with van der Waals surface area (Å²) < 4.78 is 29.8. The Hall–Kier alpha value is -3.13. The van der Waals surface area contributed by atoms with Crippen molar-refractivity contribution in [1.29, 1.82) is 0 Å². The molecular weight excluding hydrogens is 404 g/mol. The summed E-state index contributed by atoms with van der Waals surface area (Å²) in [5.74, 6) is -0.932. The SMILES string of the molecule is CC1CC=C2C=CC(N3CCNCC3)=CN2C(=O)C=C1c1ccc(O)c(OC(F)F)c1. The molecular formula is C23H25F2N3O3. The van der Waals surface area contributed by atoms with E-state index in [1.54, 1.807) is 17.0 Å². The Kier molecular flexibility index (Phi) is 6.08. The quantitative estimate of drug-likeness (QED) is 0.768. The third-order valence-electron chi connectivity index (χ3n) is 5.68. The van der Waals surface area contributed by atoms with Crippen molar-refractivity contribution < 1.29 is 23.4 Å². The average molecular weight is 429 g/mol. The minimum Gasteiger partial charge on any atom is -0.504 e. The van der Waals surface area contributed by atoms with Gasteiger partial charge >= 0.3 is 6.61 Å². The summed E-state index contributed by atoms with van der Waals surface area (Å²) >= 11 is 0. The van der Waals surface area contributed by atoms with Gasteiger partial charge in [-0.3, -0.25) is 9.69 Å². The van der Waals surface area contributed by atoms with E-state index in [4.69, 9.17) is 0 Å². The van der Waals surface area contributed by atoms with Crippen molar-refractivity contribution in [1.82, 2.24) is 15.1 Å². The van der Waals surface area contributed by atoms with Crippen molar-refractivity contribution in [3.8, 4) is 11.5 Å².